The second-order valence-electron chi connectivity index (χ2n) is 12.5. The van der Waals surface area contributed by atoms with Gasteiger partial charge in [0.25, 0.3) is 0 Å². The van der Waals surface area contributed by atoms with E-state index in [0.29, 0.717) is 23.3 Å². The van der Waals surface area contributed by atoms with E-state index in [2.05, 4.69) is 17.2 Å². The third kappa shape index (κ3) is 5.04. The van der Waals surface area contributed by atoms with E-state index in [1.54, 1.807) is 12.3 Å². The highest BCUT2D eigenvalue weighted by Gasteiger charge is 2.69. The zero-order valence-corrected chi connectivity index (χ0v) is 24.0. The lowest BCUT2D eigenvalue weighted by molar-refractivity contribution is -0.576. The average molecular weight is 587 g/mol. The molecule has 9 atom stereocenters. The Morgan fingerprint density at radius 1 is 1.14 bits per heavy atom. The zero-order valence-electron chi connectivity index (χ0n) is 24.0. The number of phenols is 1. The summed E-state index contributed by atoms with van der Waals surface area (Å²) in [6.45, 7) is 6.01. The van der Waals surface area contributed by atoms with Gasteiger partial charge in [0.05, 0.1) is 6.42 Å². The fraction of sp³-hybridized carbons (Fsp3) is 0.633. The van der Waals surface area contributed by atoms with Gasteiger partial charge in [0, 0.05) is 48.2 Å². The molecular formula is C30H38N2O10. The van der Waals surface area contributed by atoms with Gasteiger partial charge in [-0.1, -0.05) is 13.8 Å². The second-order valence-corrected chi connectivity index (χ2v) is 12.5. The summed E-state index contributed by atoms with van der Waals surface area (Å²) in [6.07, 6.45) is 2.94. The molecule has 12 nitrogen and oxygen atoms in total. The van der Waals surface area contributed by atoms with Gasteiger partial charge in [0.1, 0.15) is 11.8 Å². The number of esters is 1. The minimum absolute atomic E-state index is 0.00273. The first-order valence-corrected chi connectivity index (χ1v) is 14.7. The van der Waals surface area contributed by atoms with Crippen LogP contribution in [0.25, 0.3) is 10.9 Å². The molecule has 1 aromatic carbocycles. The van der Waals surface area contributed by atoms with Gasteiger partial charge in [0.15, 0.2) is 11.9 Å². The van der Waals surface area contributed by atoms with E-state index in [1.807, 2.05) is 13.8 Å². The second kappa shape index (κ2) is 10.8. The molecule has 0 unspecified atom stereocenters. The number of carbonyl (C=O) groups excluding carboxylic acids is 2. The van der Waals surface area contributed by atoms with Gasteiger partial charge in [-0.25, -0.2) is 14.6 Å². The van der Waals surface area contributed by atoms with Crippen molar-refractivity contribution in [1.82, 2.24) is 10.3 Å². The van der Waals surface area contributed by atoms with Gasteiger partial charge in [0.2, 0.25) is 18.0 Å². The maximum Gasteiger partial charge on any atom is 0.326 e. The summed E-state index contributed by atoms with van der Waals surface area (Å²) in [4.78, 5) is 52.4. The molecule has 5 fully saturated rings. The van der Waals surface area contributed by atoms with Crippen molar-refractivity contribution >= 4 is 28.7 Å². The normalized spacial score (nSPS) is 36.1. The van der Waals surface area contributed by atoms with Crippen molar-refractivity contribution in [3.63, 3.8) is 0 Å². The molecular weight excluding hydrogens is 548 g/mol. The minimum Gasteiger partial charge on any atom is -0.508 e. The number of aromatic nitrogens is 1. The van der Waals surface area contributed by atoms with Gasteiger partial charge >= 0.3 is 11.9 Å². The third-order valence-electron chi connectivity index (χ3n) is 9.71. The fourth-order valence-electron chi connectivity index (χ4n) is 7.43. The molecule has 4 N–H and O–H groups in total. The summed E-state index contributed by atoms with van der Waals surface area (Å²) in [5.74, 6) is -2.94. The highest BCUT2D eigenvalue weighted by atomic mass is 17.3. The van der Waals surface area contributed by atoms with Crippen molar-refractivity contribution in [2.45, 2.75) is 95.7 Å². The number of aliphatic carboxylic acids is 1. The molecule has 42 heavy (non-hydrogen) atoms. The predicted octanol–water partition coefficient (Wildman–Crippen LogP) is 3.52. The number of nitrogens with one attached hydrogen (secondary N) is 2. The van der Waals surface area contributed by atoms with Crippen molar-refractivity contribution in [2.24, 2.45) is 23.7 Å². The number of ether oxygens (including phenoxy) is 3. The predicted molar refractivity (Wildman–Crippen MR) is 145 cm³/mol. The molecule has 2 aromatic rings. The SMILES string of the molecule is C[C@H]1[C@H](OC(=O)CCC(=O)N[C@@H](Cc2c[nH]c3ccc(O)cc23)C(=O)O)O[C@@H]2O[C@@]3(C)CC[C@H]4[C@H](C)CC[C@@H]1[C@@]24OO3. The fourth-order valence-corrected chi connectivity index (χ4v) is 7.43. The summed E-state index contributed by atoms with van der Waals surface area (Å²) in [7, 11) is 0. The van der Waals surface area contributed by atoms with E-state index < -0.39 is 47.9 Å². The first-order chi connectivity index (χ1) is 20.0. The molecule has 1 spiro atoms. The number of amides is 1. The molecule has 1 aliphatic carbocycles. The molecule has 1 aromatic heterocycles. The summed E-state index contributed by atoms with van der Waals surface area (Å²) >= 11 is 0. The number of carboxylic acid groups (broad SMARTS) is 1. The Morgan fingerprint density at radius 3 is 2.74 bits per heavy atom. The molecule has 4 aliphatic heterocycles. The molecule has 5 aliphatic rings. The number of carbonyl (C=O) groups is 3. The van der Waals surface area contributed by atoms with Gasteiger partial charge in [-0.3, -0.25) is 9.59 Å². The van der Waals surface area contributed by atoms with Crippen LogP contribution in [0.5, 0.6) is 5.75 Å². The number of H-pyrrole nitrogens is 1. The Morgan fingerprint density at radius 2 is 1.95 bits per heavy atom. The summed E-state index contributed by atoms with van der Waals surface area (Å²) < 4.78 is 18.3. The topological polar surface area (TPSA) is 166 Å². The highest BCUT2D eigenvalue weighted by Crippen LogP contribution is 2.60. The van der Waals surface area contributed by atoms with Crippen LogP contribution in [0.2, 0.25) is 0 Å². The number of benzene rings is 1. The largest absolute Gasteiger partial charge is 0.508 e. The molecule has 1 amide bonds. The Balaban J connectivity index is 1.07. The van der Waals surface area contributed by atoms with E-state index in [-0.39, 0.29) is 42.8 Å². The van der Waals surface area contributed by atoms with Crippen LogP contribution in [0.15, 0.2) is 24.4 Å². The summed E-state index contributed by atoms with van der Waals surface area (Å²) in [5.41, 5.74) is 0.594. The maximum atomic E-state index is 12.9. The molecule has 1 saturated carbocycles. The Bertz CT molecular complexity index is 1380. The van der Waals surface area contributed by atoms with E-state index in [1.165, 1.54) is 12.1 Å². The van der Waals surface area contributed by atoms with Gasteiger partial charge in [-0.15, -0.1) is 0 Å². The lowest BCUT2D eigenvalue weighted by Gasteiger charge is -2.59. The third-order valence-corrected chi connectivity index (χ3v) is 9.71. The number of aromatic hydroxyl groups is 1. The van der Waals surface area contributed by atoms with Crippen molar-refractivity contribution < 1.29 is 48.6 Å². The average Bonchev–Trinajstić information content (AvgIpc) is 3.19. The first kappa shape index (κ1) is 28.9. The molecule has 12 heteroatoms. The first-order valence-electron chi connectivity index (χ1n) is 14.7. The van der Waals surface area contributed by atoms with Crippen LogP contribution < -0.4 is 5.32 Å². The van der Waals surface area contributed by atoms with Crippen LogP contribution in [-0.4, -0.2) is 63.1 Å². The van der Waals surface area contributed by atoms with E-state index in [4.69, 9.17) is 24.0 Å². The quantitative estimate of drug-likeness (QED) is 0.266. The maximum absolute atomic E-state index is 12.9. The van der Waals surface area contributed by atoms with Crippen LogP contribution in [0.1, 0.15) is 64.9 Å². The Hall–Kier alpha value is -3.19. The molecule has 7 rings (SSSR count). The Kier molecular flexibility index (Phi) is 7.45. The number of rotatable bonds is 8. The van der Waals surface area contributed by atoms with Crippen molar-refractivity contribution in [1.29, 1.82) is 0 Å². The van der Waals surface area contributed by atoms with E-state index in [0.717, 1.165) is 24.8 Å². The molecule has 228 valence electrons. The van der Waals surface area contributed by atoms with Gasteiger partial charge < -0.3 is 34.7 Å². The number of hydrogen-bond donors (Lipinski definition) is 4. The number of aromatic amines is 1. The van der Waals surface area contributed by atoms with Gasteiger partial charge in [-0.05, 0) is 61.8 Å². The molecule has 5 heterocycles. The number of fused-ring (bicyclic) bond motifs is 3. The van der Waals surface area contributed by atoms with Crippen molar-refractivity contribution in [3.05, 3.63) is 30.0 Å². The molecule has 4 saturated heterocycles. The van der Waals surface area contributed by atoms with Crippen molar-refractivity contribution in [3.8, 4) is 5.75 Å². The number of hydrogen-bond acceptors (Lipinski definition) is 9. The van der Waals surface area contributed by atoms with Crippen LogP contribution in [-0.2, 0) is 44.8 Å². The van der Waals surface area contributed by atoms with E-state index in [9.17, 15) is 24.6 Å². The Labute approximate surface area is 242 Å². The van der Waals surface area contributed by atoms with E-state index >= 15 is 0 Å². The van der Waals surface area contributed by atoms with Crippen LogP contribution in [0, 0.1) is 23.7 Å². The molecule has 0 radical (unpaired) electrons. The van der Waals surface area contributed by atoms with Gasteiger partial charge in [-0.2, -0.15) is 0 Å². The smallest absolute Gasteiger partial charge is 0.326 e. The summed E-state index contributed by atoms with van der Waals surface area (Å²) in [6, 6.07) is 3.52. The van der Waals surface area contributed by atoms with Crippen molar-refractivity contribution in [2.75, 3.05) is 0 Å². The zero-order chi connectivity index (χ0) is 29.8. The number of carboxylic acids is 1. The molecule has 2 bridgehead atoms. The van der Waals surface area contributed by atoms with Crippen LogP contribution in [0.4, 0.5) is 0 Å². The number of phenolic OH excluding ortho intramolecular Hbond substituents is 1. The highest BCUT2D eigenvalue weighted by molar-refractivity contribution is 5.88. The monoisotopic (exact) mass is 586 g/mol. The van der Waals surface area contributed by atoms with Crippen LogP contribution >= 0.6 is 0 Å². The lowest BCUT2D eigenvalue weighted by Crippen LogP contribution is -2.70. The standard InChI is InChI=1S/C30H38N2O10/c1-15-4-6-21-16(2)27(39-28-30(21)20(15)10-11-29(3,40-28)41-42-30)38-25(35)9-8-24(34)32-23(26(36)37)12-17-14-31-22-7-5-18(33)13-19(17)22/h5,7,13-16,20-21,23,27-28,31,33H,4,6,8-12H2,1-3H3,(H,32,34)(H,36,37)/t15-,16-,20+,21+,23+,27-,28-,29-,30-/m1/s1. The summed E-state index contributed by atoms with van der Waals surface area (Å²) in [5, 5.41) is 22.7. The minimum atomic E-state index is -1.22. The van der Waals surface area contributed by atoms with Crippen LogP contribution in [0.3, 0.4) is 0 Å². The lowest BCUT2D eigenvalue weighted by atomic mass is 9.58.